The van der Waals surface area contributed by atoms with E-state index in [9.17, 15) is 14.4 Å². The molecule has 1 fully saturated rings. The first kappa shape index (κ1) is 8.38. The summed E-state index contributed by atoms with van der Waals surface area (Å²) in [5.74, 6) is -1.18. The third-order valence-electron chi connectivity index (χ3n) is 1.17. The van der Waals surface area contributed by atoms with Crippen LogP contribution in [0.3, 0.4) is 0 Å². The number of carbonyl (C=O) groups excluding carboxylic acids is 3. The Bertz CT molecular complexity index is 200. The predicted molar refractivity (Wildman–Crippen MR) is 38.6 cm³/mol. The van der Waals surface area contributed by atoms with Gasteiger partial charge in [-0.3, -0.25) is 19.7 Å². The average molecular weight is 174 g/mol. The van der Waals surface area contributed by atoms with Gasteiger partial charge >= 0.3 is 0 Å². The minimum Gasteiger partial charge on any atom is -0.294 e. The van der Waals surface area contributed by atoms with Gasteiger partial charge in [0.2, 0.25) is 5.78 Å². The first-order chi connectivity index (χ1) is 5.25. The van der Waals surface area contributed by atoms with Crippen LogP contribution in [0, 0.1) is 0 Å². The molecule has 1 aliphatic heterocycles. The SMILES string of the molecule is O=CC(=O)C(=O)C1NCSN1. The van der Waals surface area contributed by atoms with Crippen molar-refractivity contribution in [2.75, 3.05) is 5.88 Å². The van der Waals surface area contributed by atoms with E-state index in [0.29, 0.717) is 5.88 Å². The topological polar surface area (TPSA) is 75.3 Å². The number of ketones is 2. The molecule has 11 heavy (non-hydrogen) atoms. The summed E-state index contributed by atoms with van der Waals surface area (Å²) in [5, 5.41) is 2.69. The highest BCUT2D eigenvalue weighted by molar-refractivity contribution is 7.97. The van der Waals surface area contributed by atoms with Gasteiger partial charge in [0, 0.05) is 0 Å². The monoisotopic (exact) mass is 174 g/mol. The van der Waals surface area contributed by atoms with Gasteiger partial charge in [-0.05, 0) is 0 Å². The van der Waals surface area contributed by atoms with E-state index in [2.05, 4.69) is 10.0 Å². The van der Waals surface area contributed by atoms with Gasteiger partial charge in [-0.15, -0.1) is 0 Å². The van der Waals surface area contributed by atoms with Crippen molar-refractivity contribution in [3.05, 3.63) is 0 Å². The second kappa shape index (κ2) is 3.61. The Kier molecular flexibility index (Phi) is 2.75. The van der Waals surface area contributed by atoms with Crippen LogP contribution in [0.15, 0.2) is 0 Å². The van der Waals surface area contributed by atoms with E-state index in [-0.39, 0.29) is 6.29 Å². The van der Waals surface area contributed by atoms with Crippen molar-refractivity contribution >= 4 is 29.8 Å². The summed E-state index contributed by atoms with van der Waals surface area (Å²) >= 11 is 1.29. The van der Waals surface area contributed by atoms with E-state index in [1.165, 1.54) is 11.9 Å². The highest BCUT2D eigenvalue weighted by Gasteiger charge is 2.26. The van der Waals surface area contributed by atoms with E-state index in [1.807, 2.05) is 0 Å². The molecular formula is C5H6N2O3S. The molecule has 1 atom stereocenters. The maximum Gasteiger partial charge on any atom is 0.264 e. The van der Waals surface area contributed by atoms with Crippen molar-refractivity contribution in [2.24, 2.45) is 0 Å². The molecule has 1 saturated heterocycles. The molecule has 1 unspecified atom stereocenters. The quantitative estimate of drug-likeness (QED) is 0.233. The Balaban J connectivity index is 2.52. The van der Waals surface area contributed by atoms with Crippen LogP contribution in [0.5, 0.6) is 0 Å². The summed E-state index contributed by atoms with van der Waals surface area (Å²) in [4.78, 5) is 31.2. The molecular weight excluding hydrogens is 168 g/mol. The smallest absolute Gasteiger partial charge is 0.264 e. The molecule has 0 aromatic rings. The second-order valence-corrected chi connectivity index (χ2v) is 2.70. The van der Waals surface area contributed by atoms with Crippen LogP contribution < -0.4 is 10.0 Å². The van der Waals surface area contributed by atoms with Gasteiger partial charge in [-0.25, -0.2) is 4.72 Å². The molecule has 1 rings (SSSR count). The number of hydrogen-bond acceptors (Lipinski definition) is 6. The zero-order valence-corrected chi connectivity index (χ0v) is 6.31. The molecule has 1 aliphatic rings. The standard InChI is InChI=1S/C5H6N2O3S/c8-1-3(9)4(10)5-6-2-11-7-5/h1,5-7H,2H2. The number of hydrogen-bond donors (Lipinski definition) is 2. The van der Waals surface area contributed by atoms with Crippen LogP contribution >= 0.6 is 11.9 Å². The normalized spacial score (nSPS) is 23.1. The van der Waals surface area contributed by atoms with Crippen molar-refractivity contribution in [2.45, 2.75) is 6.17 Å². The molecule has 60 valence electrons. The third kappa shape index (κ3) is 1.86. The van der Waals surface area contributed by atoms with E-state index in [4.69, 9.17) is 0 Å². The first-order valence-corrected chi connectivity index (χ1v) is 3.88. The zero-order chi connectivity index (χ0) is 8.27. The molecule has 5 nitrogen and oxygen atoms in total. The lowest BCUT2D eigenvalue weighted by molar-refractivity contribution is -0.141. The van der Waals surface area contributed by atoms with Crippen LogP contribution in [-0.4, -0.2) is 29.9 Å². The Morgan fingerprint density at radius 2 is 2.27 bits per heavy atom. The molecule has 0 aromatic heterocycles. The molecule has 1 heterocycles. The van der Waals surface area contributed by atoms with Gasteiger partial charge < -0.3 is 0 Å². The molecule has 0 spiro atoms. The number of rotatable bonds is 3. The van der Waals surface area contributed by atoms with E-state index in [1.54, 1.807) is 0 Å². The summed E-state index contributed by atoms with van der Waals surface area (Å²) in [6.07, 6.45) is -0.674. The highest BCUT2D eigenvalue weighted by Crippen LogP contribution is 2.02. The molecule has 0 amide bonds. The van der Waals surface area contributed by atoms with E-state index in [0.717, 1.165) is 0 Å². The zero-order valence-electron chi connectivity index (χ0n) is 5.49. The summed E-state index contributed by atoms with van der Waals surface area (Å²) in [6.45, 7) is 0. The average Bonchev–Trinajstić information content (AvgIpc) is 2.53. The highest BCUT2D eigenvalue weighted by atomic mass is 32.2. The van der Waals surface area contributed by atoms with Crippen LogP contribution in [0.2, 0.25) is 0 Å². The molecule has 2 N–H and O–H groups in total. The van der Waals surface area contributed by atoms with E-state index >= 15 is 0 Å². The lowest BCUT2D eigenvalue weighted by Crippen LogP contribution is -2.42. The fourth-order valence-corrected chi connectivity index (χ4v) is 1.33. The van der Waals surface area contributed by atoms with Crippen LogP contribution in [0.25, 0.3) is 0 Å². The Labute approximate surface area is 67.0 Å². The van der Waals surface area contributed by atoms with Gasteiger partial charge in [-0.2, -0.15) is 0 Å². The van der Waals surface area contributed by atoms with Crippen LogP contribution in [0.4, 0.5) is 0 Å². The lowest BCUT2D eigenvalue weighted by atomic mass is 10.2. The number of aldehydes is 1. The van der Waals surface area contributed by atoms with Crippen molar-refractivity contribution in [3.63, 3.8) is 0 Å². The molecule has 6 heteroatoms. The summed E-state index contributed by atoms with van der Waals surface area (Å²) in [6, 6.07) is 0. The fourth-order valence-electron chi connectivity index (χ4n) is 0.638. The summed E-state index contributed by atoms with van der Waals surface area (Å²) in [5.41, 5.74) is 0. The van der Waals surface area contributed by atoms with Crippen molar-refractivity contribution in [1.29, 1.82) is 0 Å². The Hall–Kier alpha value is -0.720. The fraction of sp³-hybridized carbons (Fsp3) is 0.400. The van der Waals surface area contributed by atoms with Crippen molar-refractivity contribution < 1.29 is 14.4 Å². The van der Waals surface area contributed by atoms with Crippen molar-refractivity contribution in [3.8, 4) is 0 Å². The molecule has 0 radical (unpaired) electrons. The largest absolute Gasteiger partial charge is 0.294 e. The Morgan fingerprint density at radius 1 is 1.55 bits per heavy atom. The maximum absolute atomic E-state index is 10.9. The first-order valence-electron chi connectivity index (χ1n) is 2.90. The van der Waals surface area contributed by atoms with Gasteiger partial charge in [0.15, 0.2) is 6.29 Å². The number of nitrogens with one attached hydrogen (secondary N) is 2. The maximum atomic E-state index is 10.9. The Morgan fingerprint density at radius 3 is 2.73 bits per heavy atom. The minimum atomic E-state index is -1.00. The summed E-state index contributed by atoms with van der Waals surface area (Å²) < 4.78 is 2.65. The molecule has 0 saturated carbocycles. The van der Waals surface area contributed by atoms with Gasteiger partial charge in [-0.1, -0.05) is 11.9 Å². The number of carbonyl (C=O) groups is 3. The minimum absolute atomic E-state index is 0.0225. The second-order valence-electron chi connectivity index (χ2n) is 1.89. The van der Waals surface area contributed by atoms with Gasteiger partial charge in [0.25, 0.3) is 5.78 Å². The lowest BCUT2D eigenvalue weighted by Gasteiger charge is -2.03. The van der Waals surface area contributed by atoms with Gasteiger partial charge in [0.05, 0.1) is 5.88 Å². The third-order valence-corrected chi connectivity index (χ3v) is 1.89. The molecule has 0 bridgehead atoms. The van der Waals surface area contributed by atoms with Gasteiger partial charge in [0.1, 0.15) is 6.17 Å². The van der Waals surface area contributed by atoms with E-state index < -0.39 is 17.7 Å². The molecule has 0 aliphatic carbocycles. The van der Waals surface area contributed by atoms with Crippen molar-refractivity contribution in [1.82, 2.24) is 10.0 Å². The summed E-state index contributed by atoms with van der Waals surface area (Å²) in [7, 11) is 0. The number of Topliss-reactive ketones (excluding diaryl/α,β-unsaturated/α-hetero) is 2. The van der Waals surface area contributed by atoms with Crippen LogP contribution in [-0.2, 0) is 14.4 Å². The van der Waals surface area contributed by atoms with Crippen LogP contribution in [0.1, 0.15) is 0 Å². The molecule has 0 aromatic carbocycles. The predicted octanol–water partition coefficient (Wildman–Crippen LogP) is -1.55.